The van der Waals surface area contributed by atoms with Gasteiger partial charge in [0.1, 0.15) is 0 Å². The number of aromatic nitrogens is 2. The molecule has 1 aromatic heterocycles. The van der Waals surface area contributed by atoms with Crippen LogP contribution in [0.15, 0.2) is 0 Å². The van der Waals surface area contributed by atoms with Gasteiger partial charge in [0.25, 0.3) is 0 Å². The third-order valence-corrected chi connectivity index (χ3v) is 2.03. The summed E-state index contributed by atoms with van der Waals surface area (Å²) in [6.07, 6.45) is 0. The molecule has 1 rings (SSSR count). The Balaban J connectivity index is 3.05. The zero-order valence-corrected chi connectivity index (χ0v) is 8.90. The Morgan fingerprint density at radius 2 is 2.23 bits per heavy atom. The average Bonchev–Trinajstić information content (AvgIpc) is 2.31. The summed E-state index contributed by atoms with van der Waals surface area (Å²) < 4.78 is 1.91. The molecule has 0 fully saturated rings. The number of anilines is 1. The van der Waals surface area contributed by atoms with Crippen LogP contribution in [0, 0.1) is 13.8 Å². The maximum atomic E-state index is 5.40. The monoisotopic (exact) mass is 198 g/mol. The second-order valence-electron chi connectivity index (χ2n) is 2.85. The molecule has 0 aliphatic rings. The smallest absolute Gasteiger partial charge is 0.168 e. The fourth-order valence-corrected chi connectivity index (χ4v) is 1.41. The summed E-state index contributed by atoms with van der Waals surface area (Å²) in [6.45, 7) is 6.82. The van der Waals surface area contributed by atoms with Gasteiger partial charge >= 0.3 is 0 Å². The second kappa shape index (κ2) is 3.74. The van der Waals surface area contributed by atoms with Crippen LogP contribution in [0.2, 0.25) is 0 Å². The molecule has 0 aliphatic carbocycles. The molecule has 72 valence electrons. The molecule has 3 N–H and O–H groups in total. The lowest BCUT2D eigenvalue weighted by Crippen LogP contribution is -2.19. The molecule has 0 aromatic carbocycles. The molecule has 0 atom stereocenters. The lowest BCUT2D eigenvalue weighted by molar-refractivity contribution is 0.634. The summed E-state index contributed by atoms with van der Waals surface area (Å²) in [5.41, 5.74) is 8.31. The van der Waals surface area contributed by atoms with Crippen LogP contribution in [0.3, 0.4) is 0 Å². The number of hydrogen-bond acceptors (Lipinski definition) is 2. The van der Waals surface area contributed by atoms with E-state index in [1.807, 2.05) is 25.5 Å². The first kappa shape index (κ1) is 9.98. The molecule has 0 aliphatic heterocycles. The first-order valence-electron chi connectivity index (χ1n) is 4.16. The summed E-state index contributed by atoms with van der Waals surface area (Å²) in [5, 5.41) is 7.52. The molecule has 0 saturated heterocycles. The molecule has 1 aromatic rings. The van der Waals surface area contributed by atoms with E-state index in [1.165, 1.54) is 0 Å². The van der Waals surface area contributed by atoms with Gasteiger partial charge in [-0.3, -0.25) is 4.68 Å². The highest BCUT2D eigenvalue weighted by molar-refractivity contribution is 7.80. The largest absolute Gasteiger partial charge is 0.376 e. The van der Waals surface area contributed by atoms with E-state index in [2.05, 4.69) is 10.4 Å². The van der Waals surface area contributed by atoms with E-state index in [0.717, 1.165) is 23.6 Å². The van der Waals surface area contributed by atoms with Crippen LogP contribution < -0.4 is 11.1 Å². The highest BCUT2D eigenvalue weighted by Crippen LogP contribution is 2.18. The van der Waals surface area contributed by atoms with Gasteiger partial charge in [0.05, 0.1) is 17.1 Å². The Hall–Kier alpha value is -1.10. The van der Waals surface area contributed by atoms with Gasteiger partial charge in [-0.15, -0.1) is 0 Å². The Morgan fingerprint density at radius 1 is 1.62 bits per heavy atom. The predicted octanol–water partition coefficient (Wildman–Crippen LogP) is 1.18. The third-order valence-electron chi connectivity index (χ3n) is 1.93. The molecule has 0 amide bonds. The van der Waals surface area contributed by atoms with Crippen molar-refractivity contribution in [3.05, 3.63) is 11.4 Å². The van der Waals surface area contributed by atoms with E-state index in [-0.39, 0.29) is 5.11 Å². The maximum absolute atomic E-state index is 5.40. The summed E-state index contributed by atoms with van der Waals surface area (Å²) in [4.78, 5) is 0. The Kier molecular flexibility index (Phi) is 2.87. The number of rotatable bonds is 2. The van der Waals surface area contributed by atoms with Crippen LogP contribution >= 0.6 is 12.2 Å². The zero-order chi connectivity index (χ0) is 10.0. The van der Waals surface area contributed by atoms with Gasteiger partial charge < -0.3 is 11.1 Å². The van der Waals surface area contributed by atoms with Crippen LogP contribution in [-0.4, -0.2) is 14.9 Å². The molecule has 0 spiro atoms. The summed E-state index contributed by atoms with van der Waals surface area (Å²) in [5.74, 6) is 0. The highest BCUT2D eigenvalue weighted by Gasteiger charge is 2.09. The maximum Gasteiger partial charge on any atom is 0.168 e. The number of nitrogens with one attached hydrogen (secondary N) is 1. The van der Waals surface area contributed by atoms with Crippen LogP contribution in [-0.2, 0) is 6.54 Å². The second-order valence-corrected chi connectivity index (χ2v) is 3.29. The van der Waals surface area contributed by atoms with E-state index in [9.17, 15) is 0 Å². The van der Waals surface area contributed by atoms with Gasteiger partial charge in [-0.2, -0.15) is 5.10 Å². The van der Waals surface area contributed by atoms with Gasteiger partial charge in [0.15, 0.2) is 5.11 Å². The standard InChI is InChI=1S/C8H14N4S/c1-4-12-6(3)7(5(2)11-12)10-8(9)13/h4H2,1-3H3,(H3,9,10,13). The van der Waals surface area contributed by atoms with E-state index in [1.54, 1.807) is 0 Å². The summed E-state index contributed by atoms with van der Waals surface area (Å²) in [7, 11) is 0. The highest BCUT2D eigenvalue weighted by atomic mass is 32.1. The van der Waals surface area contributed by atoms with Crippen LogP contribution in [0.1, 0.15) is 18.3 Å². The van der Waals surface area contributed by atoms with Crippen molar-refractivity contribution in [2.75, 3.05) is 5.32 Å². The average molecular weight is 198 g/mol. The first-order valence-corrected chi connectivity index (χ1v) is 4.57. The van der Waals surface area contributed by atoms with Crippen LogP contribution in [0.25, 0.3) is 0 Å². The Morgan fingerprint density at radius 3 is 2.62 bits per heavy atom. The molecule has 0 saturated carbocycles. The lowest BCUT2D eigenvalue weighted by atomic mass is 10.3. The number of nitrogens with zero attached hydrogens (tertiary/aromatic N) is 2. The lowest BCUT2D eigenvalue weighted by Gasteiger charge is -2.03. The first-order chi connectivity index (χ1) is 6.06. The number of hydrogen-bond donors (Lipinski definition) is 2. The van der Waals surface area contributed by atoms with Gasteiger partial charge in [-0.25, -0.2) is 0 Å². The molecule has 0 radical (unpaired) electrons. The topological polar surface area (TPSA) is 55.9 Å². The van der Waals surface area contributed by atoms with Crippen molar-refractivity contribution in [2.24, 2.45) is 5.73 Å². The minimum Gasteiger partial charge on any atom is -0.376 e. The molecule has 0 unspecified atom stereocenters. The van der Waals surface area contributed by atoms with E-state index < -0.39 is 0 Å². The van der Waals surface area contributed by atoms with Crippen molar-refractivity contribution in [1.29, 1.82) is 0 Å². The minimum absolute atomic E-state index is 0.279. The van der Waals surface area contributed by atoms with E-state index in [0.29, 0.717) is 0 Å². The number of thiocarbonyl (C=S) groups is 1. The summed E-state index contributed by atoms with van der Waals surface area (Å²) in [6, 6.07) is 0. The molecule has 5 heteroatoms. The Labute approximate surface area is 83.1 Å². The third kappa shape index (κ3) is 1.98. The van der Waals surface area contributed by atoms with Crippen molar-refractivity contribution in [1.82, 2.24) is 9.78 Å². The van der Waals surface area contributed by atoms with E-state index in [4.69, 9.17) is 18.0 Å². The normalized spacial score (nSPS) is 10.1. The number of aryl methyl sites for hydroxylation is 2. The van der Waals surface area contributed by atoms with Crippen molar-refractivity contribution < 1.29 is 0 Å². The van der Waals surface area contributed by atoms with Crippen molar-refractivity contribution in [2.45, 2.75) is 27.3 Å². The molecular weight excluding hydrogens is 184 g/mol. The van der Waals surface area contributed by atoms with Crippen LogP contribution in [0.4, 0.5) is 5.69 Å². The van der Waals surface area contributed by atoms with Crippen molar-refractivity contribution in [3.63, 3.8) is 0 Å². The fraction of sp³-hybridized carbons (Fsp3) is 0.500. The molecule has 1 heterocycles. The molecule has 13 heavy (non-hydrogen) atoms. The summed E-state index contributed by atoms with van der Waals surface area (Å²) >= 11 is 4.77. The molecule has 0 bridgehead atoms. The minimum atomic E-state index is 0.279. The van der Waals surface area contributed by atoms with Gasteiger partial charge in [-0.1, -0.05) is 0 Å². The van der Waals surface area contributed by atoms with Crippen molar-refractivity contribution in [3.8, 4) is 0 Å². The molecule has 4 nitrogen and oxygen atoms in total. The zero-order valence-electron chi connectivity index (χ0n) is 8.09. The number of nitrogens with two attached hydrogens (primary N) is 1. The quantitative estimate of drug-likeness (QED) is 0.701. The van der Waals surface area contributed by atoms with Gasteiger partial charge in [0.2, 0.25) is 0 Å². The Bertz CT molecular complexity index is 329. The van der Waals surface area contributed by atoms with Gasteiger partial charge in [0, 0.05) is 6.54 Å². The predicted molar refractivity (Wildman–Crippen MR) is 57.8 cm³/mol. The molecular formula is C8H14N4S. The van der Waals surface area contributed by atoms with Crippen molar-refractivity contribution >= 4 is 23.0 Å². The van der Waals surface area contributed by atoms with Gasteiger partial charge in [-0.05, 0) is 33.0 Å². The SMILES string of the molecule is CCn1nc(C)c(NC(N)=S)c1C. The van der Waals surface area contributed by atoms with Crippen LogP contribution in [0.5, 0.6) is 0 Å². The van der Waals surface area contributed by atoms with E-state index >= 15 is 0 Å². The fourth-order valence-electron chi connectivity index (χ4n) is 1.31.